The number of carbonyl (C=O) groups is 2. The fourth-order valence-electron chi connectivity index (χ4n) is 3.46. The number of nitrogens with one attached hydrogen (secondary N) is 2. The zero-order chi connectivity index (χ0) is 20.8. The molecule has 2 aromatic carbocycles. The Balaban J connectivity index is 1.77. The average molecular weight is 417 g/mol. The SMILES string of the molecule is Cc1ccc(NC(=O)[C@@H](c2ccccc2)[NH+](C)CC(=O)N2CCOCC2)cc1Cl. The number of carbonyl (C=O) groups excluding carboxylic acids is 2. The molecule has 2 atom stereocenters. The van der Waals surface area contributed by atoms with Crippen LogP contribution in [0.25, 0.3) is 0 Å². The van der Waals surface area contributed by atoms with E-state index in [9.17, 15) is 9.59 Å². The Morgan fingerprint density at radius 2 is 1.86 bits per heavy atom. The van der Waals surface area contributed by atoms with Crippen LogP contribution in [0.2, 0.25) is 5.02 Å². The van der Waals surface area contributed by atoms with Crippen LogP contribution in [0.15, 0.2) is 48.5 Å². The van der Waals surface area contributed by atoms with Crippen molar-refractivity contribution < 1.29 is 19.2 Å². The van der Waals surface area contributed by atoms with Crippen LogP contribution in [0, 0.1) is 6.92 Å². The van der Waals surface area contributed by atoms with E-state index in [1.807, 2.05) is 56.4 Å². The predicted octanol–water partition coefficient (Wildman–Crippen LogP) is 1.70. The number of aryl methyl sites for hydroxylation is 1. The number of quaternary nitrogens is 1. The summed E-state index contributed by atoms with van der Waals surface area (Å²) in [4.78, 5) is 28.5. The summed E-state index contributed by atoms with van der Waals surface area (Å²) in [5, 5.41) is 3.55. The lowest BCUT2D eigenvalue weighted by Crippen LogP contribution is -3.11. The minimum atomic E-state index is -0.527. The topological polar surface area (TPSA) is 63.1 Å². The summed E-state index contributed by atoms with van der Waals surface area (Å²) in [7, 11) is 1.87. The lowest BCUT2D eigenvalue weighted by atomic mass is 10.0. The Bertz CT molecular complexity index is 854. The predicted molar refractivity (Wildman–Crippen MR) is 113 cm³/mol. The molecule has 3 rings (SSSR count). The molecule has 2 amide bonds. The van der Waals surface area contributed by atoms with E-state index in [4.69, 9.17) is 16.3 Å². The molecule has 0 aromatic heterocycles. The summed E-state index contributed by atoms with van der Waals surface area (Å²) < 4.78 is 5.32. The van der Waals surface area contributed by atoms with Crippen LogP contribution in [0.3, 0.4) is 0 Å². The maximum atomic E-state index is 13.2. The summed E-state index contributed by atoms with van der Waals surface area (Å²) in [6.45, 7) is 4.44. The average Bonchev–Trinajstić information content (AvgIpc) is 2.72. The van der Waals surface area contributed by atoms with Gasteiger partial charge < -0.3 is 19.9 Å². The van der Waals surface area contributed by atoms with Crippen molar-refractivity contribution in [1.29, 1.82) is 0 Å². The molecule has 29 heavy (non-hydrogen) atoms. The summed E-state index contributed by atoms with van der Waals surface area (Å²) in [5.41, 5.74) is 2.44. The summed E-state index contributed by atoms with van der Waals surface area (Å²) in [6, 6.07) is 14.4. The highest BCUT2D eigenvalue weighted by atomic mass is 35.5. The molecule has 0 bridgehead atoms. The first-order chi connectivity index (χ1) is 14.0. The first-order valence-electron chi connectivity index (χ1n) is 9.75. The number of anilines is 1. The molecule has 0 aliphatic carbocycles. The van der Waals surface area contributed by atoms with Crippen LogP contribution in [0.1, 0.15) is 17.2 Å². The molecule has 0 saturated carbocycles. The van der Waals surface area contributed by atoms with Crippen LogP contribution in [0.4, 0.5) is 5.69 Å². The van der Waals surface area contributed by atoms with Gasteiger partial charge in [-0.15, -0.1) is 0 Å². The van der Waals surface area contributed by atoms with Gasteiger partial charge in [-0.25, -0.2) is 0 Å². The first-order valence-corrected chi connectivity index (χ1v) is 10.1. The van der Waals surface area contributed by atoms with E-state index in [-0.39, 0.29) is 18.4 Å². The monoisotopic (exact) mass is 416 g/mol. The molecule has 2 N–H and O–H groups in total. The number of morpholine rings is 1. The van der Waals surface area contributed by atoms with Gasteiger partial charge in [-0.1, -0.05) is 48.0 Å². The highest BCUT2D eigenvalue weighted by Crippen LogP contribution is 2.21. The number of amides is 2. The Hall–Kier alpha value is -2.41. The summed E-state index contributed by atoms with van der Waals surface area (Å²) in [6.07, 6.45) is 0. The van der Waals surface area contributed by atoms with Gasteiger partial charge in [0, 0.05) is 29.4 Å². The lowest BCUT2D eigenvalue weighted by Gasteiger charge is -2.30. The summed E-state index contributed by atoms with van der Waals surface area (Å²) in [5.74, 6) is -0.152. The van der Waals surface area contributed by atoms with E-state index in [0.29, 0.717) is 37.0 Å². The maximum Gasteiger partial charge on any atom is 0.287 e. The molecule has 1 fully saturated rings. The van der Waals surface area contributed by atoms with Crippen molar-refractivity contribution in [3.8, 4) is 0 Å². The molecule has 1 aliphatic heterocycles. The Morgan fingerprint density at radius 1 is 1.17 bits per heavy atom. The second kappa shape index (κ2) is 9.87. The van der Waals surface area contributed by atoms with Gasteiger partial charge in [-0.2, -0.15) is 0 Å². The normalized spacial score (nSPS) is 16.2. The fourth-order valence-corrected chi connectivity index (χ4v) is 3.64. The van der Waals surface area contributed by atoms with Crippen molar-refractivity contribution >= 4 is 29.1 Å². The number of benzene rings is 2. The molecular formula is C22H27ClN3O3+. The highest BCUT2D eigenvalue weighted by Gasteiger charge is 2.32. The Labute approximate surface area is 176 Å². The zero-order valence-electron chi connectivity index (χ0n) is 16.8. The molecule has 154 valence electrons. The van der Waals surface area contributed by atoms with Crippen molar-refractivity contribution in [3.63, 3.8) is 0 Å². The number of likely N-dealkylation sites (N-methyl/N-ethyl adjacent to an activating group) is 1. The Kier molecular flexibility index (Phi) is 7.25. The third kappa shape index (κ3) is 5.56. The van der Waals surface area contributed by atoms with Gasteiger partial charge >= 0.3 is 0 Å². The van der Waals surface area contributed by atoms with Gasteiger partial charge in [0.2, 0.25) is 0 Å². The molecule has 1 aliphatic rings. The standard InChI is InChI=1S/C22H26ClN3O3/c1-16-8-9-18(14-19(16)23)24-22(28)21(17-6-4-3-5-7-17)25(2)15-20(27)26-10-12-29-13-11-26/h3-9,14,21H,10-13,15H2,1-2H3,(H,24,28)/p+1/t21-/m1/s1. The minimum Gasteiger partial charge on any atom is -0.378 e. The number of ether oxygens (including phenoxy) is 1. The maximum absolute atomic E-state index is 13.2. The minimum absolute atomic E-state index is 0.0258. The van der Waals surface area contributed by atoms with Crippen LogP contribution < -0.4 is 10.2 Å². The number of rotatable bonds is 6. The lowest BCUT2D eigenvalue weighted by molar-refractivity contribution is -0.894. The van der Waals surface area contributed by atoms with Crippen molar-refractivity contribution in [2.75, 3.05) is 45.2 Å². The molecule has 2 aromatic rings. The molecule has 0 radical (unpaired) electrons. The van der Waals surface area contributed by atoms with Crippen LogP contribution in [-0.4, -0.2) is 56.6 Å². The van der Waals surface area contributed by atoms with Gasteiger partial charge in [-0.3, -0.25) is 9.59 Å². The van der Waals surface area contributed by atoms with Gasteiger partial charge in [0.25, 0.3) is 11.8 Å². The highest BCUT2D eigenvalue weighted by molar-refractivity contribution is 6.31. The van der Waals surface area contributed by atoms with E-state index in [1.165, 1.54) is 0 Å². The van der Waals surface area contributed by atoms with Crippen molar-refractivity contribution in [2.24, 2.45) is 0 Å². The van der Waals surface area contributed by atoms with E-state index in [2.05, 4.69) is 5.32 Å². The third-order valence-electron chi connectivity index (χ3n) is 5.12. The quantitative estimate of drug-likeness (QED) is 0.753. The van der Waals surface area contributed by atoms with Gasteiger partial charge in [0.1, 0.15) is 0 Å². The Morgan fingerprint density at radius 3 is 2.52 bits per heavy atom. The zero-order valence-corrected chi connectivity index (χ0v) is 17.5. The molecule has 7 heteroatoms. The second-order valence-corrected chi connectivity index (χ2v) is 7.72. The van der Waals surface area contributed by atoms with Crippen molar-refractivity contribution in [2.45, 2.75) is 13.0 Å². The fraction of sp³-hybridized carbons (Fsp3) is 0.364. The van der Waals surface area contributed by atoms with Gasteiger partial charge in [0.15, 0.2) is 12.6 Å². The van der Waals surface area contributed by atoms with Crippen LogP contribution in [-0.2, 0) is 14.3 Å². The van der Waals surface area contributed by atoms with Crippen molar-refractivity contribution in [3.05, 3.63) is 64.7 Å². The molecule has 1 heterocycles. The van der Waals surface area contributed by atoms with Gasteiger partial charge in [0.05, 0.1) is 20.3 Å². The molecule has 6 nitrogen and oxygen atoms in total. The number of hydrogen-bond donors (Lipinski definition) is 2. The number of nitrogens with zero attached hydrogens (tertiary/aromatic N) is 1. The second-order valence-electron chi connectivity index (χ2n) is 7.31. The number of halogens is 1. The smallest absolute Gasteiger partial charge is 0.287 e. The first kappa shape index (κ1) is 21.3. The molecule has 1 unspecified atom stereocenters. The van der Waals surface area contributed by atoms with Crippen molar-refractivity contribution in [1.82, 2.24) is 4.90 Å². The van der Waals surface area contributed by atoms with E-state index in [0.717, 1.165) is 16.0 Å². The van der Waals surface area contributed by atoms with E-state index >= 15 is 0 Å². The van der Waals surface area contributed by atoms with Gasteiger partial charge in [-0.05, 0) is 24.6 Å². The van der Waals surface area contributed by atoms with E-state index in [1.54, 1.807) is 11.0 Å². The summed E-state index contributed by atoms with van der Waals surface area (Å²) >= 11 is 6.19. The molecule has 1 saturated heterocycles. The van der Waals surface area contributed by atoms with Crippen LogP contribution in [0.5, 0.6) is 0 Å². The van der Waals surface area contributed by atoms with E-state index < -0.39 is 6.04 Å². The van der Waals surface area contributed by atoms with Crippen LogP contribution >= 0.6 is 11.6 Å². The number of hydrogen-bond acceptors (Lipinski definition) is 3. The molecular weight excluding hydrogens is 390 g/mol. The third-order valence-corrected chi connectivity index (χ3v) is 5.53. The molecule has 0 spiro atoms. The largest absolute Gasteiger partial charge is 0.378 e.